The van der Waals surface area contributed by atoms with Gasteiger partial charge in [0.1, 0.15) is 29.1 Å². The fourth-order valence-electron chi connectivity index (χ4n) is 4.90. The average molecular weight is 661 g/mol. The van der Waals surface area contributed by atoms with Crippen molar-refractivity contribution in [1.82, 2.24) is 9.55 Å². The quantitative estimate of drug-likeness (QED) is 0.0706. The van der Waals surface area contributed by atoms with Gasteiger partial charge in [-0.3, -0.25) is 14.6 Å². The lowest BCUT2D eigenvalue weighted by Gasteiger charge is -2.19. The Hall–Kier alpha value is -5.26. The van der Waals surface area contributed by atoms with Gasteiger partial charge in [0, 0.05) is 29.4 Å². The lowest BCUT2D eigenvalue weighted by atomic mass is 10.1. The monoisotopic (exact) mass is 659 g/mol. The molecule has 0 radical (unpaired) electrons. The molecule has 2 amide bonds. The second-order valence-corrected chi connectivity index (χ2v) is 11.1. The van der Waals surface area contributed by atoms with Crippen LogP contribution in [0.4, 0.5) is 5.69 Å². The van der Waals surface area contributed by atoms with Crippen molar-refractivity contribution in [1.29, 1.82) is 0 Å². The molecule has 0 fully saturated rings. The summed E-state index contributed by atoms with van der Waals surface area (Å²) < 4.78 is 13.0. The Bertz CT molecular complexity index is 1920. The summed E-state index contributed by atoms with van der Waals surface area (Å²) in [4.78, 5) is 35.0. The van der Waals surface area contributed by atoms with Crippen molar-refractivity contribution >= 4 is 57.7 Å². The molecule has 0 unspecified atom stereocenters. The van der Waals surface area contributed by atoms with Gasteiger partial charge < -0.3 is 36.6 Å². The summed E-state index contributed by atoms with van der Waals surface area (Å²) in [5, 5.41) is 3.64. The van der Waals surface area contributed by atoms with Crippen molar-refractivity contribution in [2.45, 2.75) is 18.9 Å². The maximum Gasteiger partial charge on any atom is 0.255 e. The SMILES string of the molecule is COc1ccc(NC(=O)c2ccc3c(c2)nc(-c2cccc(Oc4ccc(Cl)c(Cl)c4)c2)n3[C@H](CCCN=C(N)N)C(N)=O)cc1. The molecule has 13 heteroatoms. The first-order chi connectivity index (χ1) is 22.1. The molecule has 5 aromatic rings. The normalized spacial score (nSPS) is 11.5. The first kappa shape index (κ1) is 32.1. The molecule has 0 aliphatic heterocycles. The third kappa shape index (κ3) is 7.51. The third-order valence-electron chi connectivity index (χ3n) is 7.09. The van der Waals surface area contributed by atoms with Crippen LogP contribution >= 0.6 is 23.2 Å². The molecule has 1 aromatic heterocycles. The lowest BCUT2D eigenvalue weighted by molar-refractivity contribution is -0.121. The average Bonchev–Trinajstić information content (AvgIpc) is 3.41. The summed E-state index contributed by atoms with van der Waals surface area (Å²) in [5.74, 6) is 1.18. The number of guanidine groups is 1. The highest BCUT2D eigenvalue weighted by Gasteiger charge is 2.25. The van der Waals surface area contributed by atoms with Crippen LogP contribution in [0.15, 0.2) is 89.9 Å². The lowest BCUT2D eigenvalue weighted by Crippen LogP contribution is -2.27. The molecule has 236 valence electrons. The Morgan fingerprint density at radius 3 is 2.35 bits per heavy atom. The number of carbonyl (C=O) groups excluding carboxylic acids is 2. The minimum atomic E-state index is -0.798. The van der Waals surface area contributed by atoms with Gasteiger partial charge in [0.15, 0.2) is 5.96 Å². The largest absolute Gasteiger partial charge is 0.497 e. The first-order valence-corrected chi connectivity index (χ1v) is 14.9. The number of nitrogens with one attached hydrogen (secondary N) is 1. The van der Waals surface area contributed by atoms with Gasteiger partial charge in [-0.1, -0.05) is 35.3 Å². The van der Waals surface area contributed by atoms with Crippen LogP contribution in [-0.2, 0) is 4.79 Å². The second kappa shape index (κ2) is 14.2. The van der Waals surface area contributed by atoms with Crippen LogP contribution in [0.1, 0.15) is 29.2 Å². The van der Waals surface area contributed by atoms with Gasteiger partial charge in [-0.15, -0.1) is 0 Å². The van der Waals surface area contributed by atoms with E-state index < -0.39 is 11.9 Å². The number of aliphatic imine (C=N–C) groups is 1. The Kier molecular flexibility index (Phi) is 9.94. The van der Waals surface area contributed by atoms with Crippen LogP contribution in [0.25, 0.3) is 22.4 Å². The molecule has 0 aliphatic rings. The fraction of sp³-hybridized carbons (Fsp3) is 0.152. The van der Waals surface area contributed by atoms with Crippen molar-refractivity contribution in [2.75, 3.05) is 19.0 Å². The van der Waals surface area contributed by atoms with Gasteiger partial charge in [-0.25, -0.2) is 4.98 Å². The number of anilines is 1. The number of hydrogen-bond donors (Lipinski definition) is 4. The van der Waals surface area contributed by atoms with Crippen LogP contribution in [-0.4, -0.2) is 41.0 Å². The van der Waals surface area contributed by atoms with Gasteiger partial charge in [0.05, 0.1) is 28.2 Å². The number of hydrogen-bond acceptors (Lipinski definition) is 6. The number of fused-ring (bicyclic) bond motifs is 1. The Labute approximate surface area is 274 Å². The van der Waals surface area contributed by atoms with E-state index in [1.54, 1.807) is 90.5 Å². The number of benzene rings is 4. The number of primary amides is 1. The third-order valence-corrected chi connectivity index (χ3v) is 7.83. The van der Waals surface area contributed by atoms with Crippen LogP contribution < -0.4 is 32.0 Å². The summed E-state index contributed by atoms with van der Waals surface area (Å²) in [6.07, 6.45) is 0.817. The Morgan fingerprint density at radius 1 is 0.913 bits per heavy atom. The molecule has 0 saturated heterocycles. The van der Waals surface area contributed by atoms with Crippen molar-refractivity contribution in [2.24, 2.45) is 22.2 Å². The molecule has 0 saturated carbocycles. The molecule has 5 rings (SSSR count). The standard InChI is InChI=1S/C33H31Cl2N7O4/c1-45-22-10-8-21(9-11-22)40-32(44)20-7-14-28-27(17-20)41-31(42(28)29(30(36)43)6-3-15-39-33(37)38)19-4-2-5-23(16-19)46-24-12-13-25(34)26(35)18-24/h2,4-5,7-14,16-18,29H,3,6,15H2,1H3,(H2,36,43)(H,40,44)(H4,37,38,39)/t29-/m1/s1. The smallest absolute Gasteiger partial charge is 0.255 e. The van der Waals surface area contributed by atoms with Crippen LogP contribution in [0.3, 0.4) is 0 Å². The number of halogens is 2. The summed E-state index contributed by atoms with van der Waals surface area (Å²) in [5.41, 5.74) is 19.6. The van der Waals surface area contributed by atoms with Gasteiger partial charge in [0.25, 0.3) is 5.91 Å². The Morgan fingerprint density at radius 2 is 1.65 bits per heavy atom. The summed E-state index contributed by atoms with van der Waals surface area (Å²) in [6.45, 7) is 0.316. The fourth-order valence-corrected chi connectivity index (χ4v) is 5.19. The predicted molar refractivity (Wildman–Crippen MR) is 181 cm³/mol. The molecular weight excluding hydrogens is 629 g/mol. The maximum absolute atomic E-state index is 13.2. The van der Waals surface area contributed by atoms with E-state index in [0.717, 1.165) is 0 Å². The highest BCUT2D eigenvalue weighted by Crippen LogP contribution is 2.35. The number of ether oxygens (including phenoxy) is 2. The predicted octanol–water partition coefficient (Wildman–Crippen LogP) is 6.14. The van der Waals surface area contributed by atoms with E-state index in [-0.39, 0.29) is 11.9 Å². The van der Waals surface area contributed by atoms with E-state index >= 15 is 0 Å². The van der Waals surface area contributed by atoms with Crippen molar-refractivity contribution in [3.05, 3.63) is 101 Å². The van der Waals surface area contributed by atoms with E-state index in [2.05, 4.69) is 10.3 Å². The zero-order valence-corrected chi connectivity index (χ0v) is 26.3. The van der Waals surface area contributed by atoms with Crippen LogP contribution in [0, 0.1) is 0 Å². The highest BCUT2D eigenvalue weighted by molar-refractivity contribution is 6.42. The molecule has 1 atom stereocenters. The van der Waals surface area contributed by atoms with E-state index in [1.807, 2.05) is 6.07 Å². The number of imidazole rings is 1. The topological polar surface area (TPSA) is 173 Å². The number of amides is 2. The van der Waals surface area contributed by atoms with Crippen molar-refractivity contribution in [3.8, 4) is 28.6 Å². The number of nitrogens with zero attached hydrogens (tertiary/aromatic N) is 3. The van der Waals surface area contributed by atoms with Gasteiger partial charge in [0.2, 0.25) is 5.91 Å². The second-order valence-electron chi connectivity index (χ2n) is 10.3. The molecule has 0 bridgehead atoms. The first-order valence-electron chi connectivity index (χ1n) is 14.2. The minimum absolute atomic E-state index is 0.0383. The number of methoxy groups -OCH3 is 1. The summed E-state index contributed by atoms with van der Waals surface area (Å²) >= 11 is 12.2. The Balaban J connectivity index is 1.54. The van der Waals surface area contributed by atoms with E-state index in [4.69, 9.17) is 54.9 Å². The number of nitrogens with two attached hydrogens (primary N) is 3. The van der Waals surface area contributed by atoms with Gasteiger partial charge in [-0.2, -0.15) is 0 Å². The van der Waals surface area contributed by atoms with Crippen molar-refractivity contribution in [3.63, 3.8) is 0 Å². The zero-order chi connectivity index (χ0) is 32.8. The number of carbonyl (C=O) groups is 2. The van der Waals surface area contributed by atoms with Crippen molar-refractivity contribution < 1.29 is 19.1 Å². The molecule has 0 spiro atoms. The van der Waals surface area contributed by atoms with Crippen LogP contribution in [0.2, 0.25) is 10.0 Å². The van der Waals surface area contributed by atoms with E-state index in [9.17, 15) is 9.59 Å². The summed E-state index contributed by atoms with van der Waals surface area (Å²) in [7, 11) is 1.57. The maximum atomic E-state index is 13.2. The van der Waals surface area contributed by atoms with E-state index in [0.29, 0.717) is 80.4 Å². The molecule has 1 heterocycles. The van der Waals surface area contributed by atoms with Gasteiger partial charge in [-0.05, 0) is 79.6 Å². The van der Waals surface area contributed by atoms with E-state index in [1.165, 1.54) is 0 Å². The number of aromatic nitrogens is 2. The molecule has 0 aliphatic carbocycles. The van der Waals surface area contributed by atoms with Crippen LogP contribution in [0.5, 0.6) is 17.2 Å². The summed E-state index contributed by atoms with van der Waals surface area (Å²) in [6, 6.07) is 23.5. The molecule has 11 nitrogen and oxygen atoms in total. The number of rotatable bonds is 12. The zero-order valence-electron chi connectivity index (χ0n) is 24.7. The molecule has 4 aromatic carbocycles. The van der Waals surface area contributed by atoms with Gasteiger partial charge >= 0.3 is 0 Å². The minimum Gasteiger partial charge on any atom is -0.497 e. The molecule has 7 N–H and O–H groups in total. The highest BCUT2D eigenvalue weighted by atomic mass is 35.5. The molecular formula is C33H31Cl2N7O4. The molecule has 46 heavy (non-hydrogen) atoms.